The maximum Gasteiger partial charge on any atom is 0.259 e. The summed E-state index contributed by atoms with van der Waals surface area (Å²) >= 11 is 0. The van der Waals surface area contributed by atoms with Crippen LogP contribution in [0.1, 0.15) is 39.2 Å². The van der Waals surface area contributed by atoms with Gasteiger partial charge in [-0.25, -0.2) is 4.39 Å². The number of hydrogen-bond donors (Lipinski definition) is 0. The minimum Gasteiger partial charge on any atom is -0.340 e. The molecule has 2 atom stereocenters. The second kappa shape index (κ2) is 6.78. The van der Waals surface area contributed by atoms with Gasteiger partial charge in [0, 0.05) is 32.2 Å². The Morgan fingerprint density at radius 2 is 2.00 bits per heavy atom. The Kier molecular flexibility index (Phi) is 5.22. The molecule has 0 bridgehead atoms. The molecule has 3 nitrogen and oxygen atoms in total. The van der Waals surface area contributed by atoms with E-state index in [0.717, 1.165) is 25.9 Å². The first-order valence-corrected chi connectivity index (χ1v) is 8.03. The Balaban J connectivity index is 1.94. The smallest absolute Gasteiger partial charge is 0.259 e. The zero-order valence-corrected chi connectivity index (χ0v) is 14.1. The normalized spacial score (nSPS) is 23.3. The monoisotopic (exact) mass is 306 g/mol. The van der Waals surface area contributed by atoms with E-state index in [9.17, 15) is 9.18 Å². The fourth-order valence-corrected chi connectivity index (χ4v) is 3.19. The van der Waals surface area contributed by atoms with Crippen molar-refractivity contribution in [2.75, 3.05) is 13.6 Å². The maximum atomic E-state index is 13.8. The van der Waals surface area contributed by atoms with E-state index < -0.39 is 11.6 Å². The molecular weight excluding hydrogens is 279 g/mol. The number of carbonyl (C=O) groups is 1. The van der Waals surface area contributed by atoms with Gasteiger partial charge in [0.15, 0.2) is 5.67 Å². The van der Waals surface area contributed by atoms with Crippen LogP contribution < -0.4 is 0 Å². The third kappa shape index (κ3) is 4.07. The van der Waals surface area contributed by atoms with Crippen molar-refractivity contribution in [1.82, 2.24) is 9.80 Å². The van der Waals surface area contributed by atoms with Crippen LogP contribution in [0.15, 0.2) is 30.3 Å². The second-order valence-electron chi connectivity index (χ2n) is 6.87. The molecule has 1 amide bonds. The van der Waals surface area contributed by atoms with E-state index in [0.29, 0.717) is 6.04 Å². The predicted octanol–water partition coefficient (Wildman–Crippen LogP) is 3.25. The van der Waals surface area contributed by atoms with E-state index in [1.807, 2.05) is 6.07 Å². The molecule has 2 rings (SSSR count). The fourth-order valence-electron chi connectivity index (χ4n) is 3.19. The molecule has 0 unspecified atom stereocenters. The van der Waals surface area contributed by atoms with Crippen LogP contribution >= 0.6 is 0 Å². The van der Waals surface area contributed by atoms with Crippen molar-refractivity contribution in [2.45, 2.75) is 57.9 Å². The summed E-state index contributed by atoms with van der Waals surface area (Å²) in [7, 11) is 1.73. The number of benzene rings is 1. The Bertz CT molecular complexity index is 498. The van der Waals surface area contributed by atoms with Crippen LogP contribution in [-0.2, 0) is 11.3 Å². The van der Waals surface area contributed by atoms with Gasteiger partial charge in [0.05, 0.1) is 0 Å². The van der Waals surface area contributed by atoms with Crippen LogP contribution in [0.3, 0.4) is 0 Å². The highest BCUT2D eigenvalue weighted by Crippen LogP contribution is 2.25. The molecule has 0 spiro atoms. The van der Waals surface area contributed by atoms with E-state index in [2.05, 4.69) is 36.1 Å². The number of piperidine rings is 1. The third-order valence-electron chi connectivity index (χ3n) is 4.59. The summed E-state index contributed by atoms with van der Waals surface area (Å²) in [5.74, 6) is -0.416. The Hall–Kier alpha value is -1.42. The van der Waals surface area contributed by atoms with E-state index in [-0.39, 0.29) is 6.04 Å². The summed E-state index contributed by atoms with van der Waals surface area (Å²) in [6.07, 6.45) is 1.79. The van der Waals surface area contributed by atoms with Gasteiger partial charge in [0.1, 0.15) is 0 Å². The van der Waals surface area contributed by atoms with Gasteiger partial charge in [-0.1, -0.05) is 30.3 Å². The van der Waals surface area contributed by atoms with Gasteiger partial charge in [-0.15, -0.1) is 0 Å². The average molecular weight is 306 g/mol. The quantitative estimate of drug-likeness (QED) is 0.852. The van der Waals surface area contributed by atoms with Gasteiger partial charge >= 0.3 is 0 Å². The van der Waals surface area contributed by atoms with Crippen LogP contribution in [0.2, 0.25) is 0 Å². The van der Waals surface area contributed by atoms with Gasteiger partial charge in [0.2, 0.25) is 0 Å². The molecule has 22 heavy (non-hydrogen) atoms. The molecule has 1 aliphatic heterocycles. The molecule has 1 aromatic rings. The van der Waals surface area contributed by atoms with Crippen molar-refractivity contribution in [3.05, 3.63) is 35.9 Å². The van der Waals surface area contributed by atoms with Crippen molar-refractivity contribution >= 4 is 5.91 Å². The minimum atomic E-state index is -1.79. The highest BCUT2D eigenvalue weighted by Gasteiger charge is 2.36. The standard InChI is InChI=1S/C18H27FN2O/c1-14-12-16(20(4)17(22)18(2,3)19)10-11-21(14)13-15-8-6-5-7-9-15/h5-9,14,16H,10-13H2,1-4H3/t14-,16-/m0/s1. The topological polar surface area (TPSA) is 23.6 Å². The summed E-state index contributed by atoms with van der Waals surface area (Å²) in [4.78, 5) is 16.1. The Labute approximate surface area is 133 Å². The number of rotatable bonds is 4. The van der Waals surface area contributed by atoms with Crippen molar-refractivity contribution in [3.8, 4) is 0 Å². The van der Waals surface area contributed by atoms with E-state index in [1.54, 1.807) is 11.9 Å². The Morgan fingerprint density at radius 3 is 2.55 bits per heavy atom. The minimum absolute atomic E-state index is 0.129. The fraction of sp³-hybridized carbons (Fsp3) is 0.611. The SMILES string of the molecule is C[C@H]1C[C@@H](N(C)C(=O)C(C)(C)F)CCN1Cc1ccccc1. The van der Waals surface area contributed by atoms with Gasteiger partial charge in [-0.05, 0) is 39.2 Å². The van der Waals surface area contributed by atoms with Gasteiger partial charge in [-0.3, -0.25) is 9.69 Å². The lowest BCUT2D eigenvalue weighted by atomic mass is 9.95. The highest BCUT2D eigenvalue weighted by molar-refractivity contribution is 5.84. The molecule has 0 aliphatic carbocycles. The molecule has 4 heteroatoms. The first kappa shape index (κ1) is 16.9. The summed E-state index contributed by atoms with van der Waals surface area (Å²) < 4.78 is 13.8. The van der Waals surface area contributed by atoms with Crippen LogP contribution in [0, 0.1) is 0 Å². The predicted molar refractivity (Wildman–Crippen MR) is 87.3 cm³/mol. The van der Waals surface area contributed by atoms with Crippen molar-refractivity contribution in [1.29, 1.82) is 0 Å². The number of amides is 1. The molecule has 122 valence electrons. The first-order valence-electron chi connectivity index (χ1n) is 8.03. The number of halogens is 1. The van der Waals surface area contributed by atoms with Crippen LogP contribution in [-0.4, -0.2) is 47.1 Å². The molecule has 1 aromatic carbocycles. The molecule has 0 radical (unpaired) electrons. The van der Waals surface area contributed by atoms with Crippen molar-refractivity contribution in [3.63, 3.8) is 0 Å². The van der Waals surface area contributed by atoms with Crippen molar-refractivity contribution < 1.29 is 9.18 Å². The molecule has 1 aliphatic rings. The number of likely N-dealkylation sites (tertiary alicyclic amines) is 1. The van der Waals surface area contributed by atoms with Crippen molar-refractivity contribution in [2.24, 2.45) is 0 Å². The molecule has 0 saturated carbocycles. The van der Waals surface area contributed by atoms with Crippen LogP contribution in [0.25, 0.3) is 0 Å². The van der Waals surface area contributed by atoms with E-state index >= 15 is 0 Å². The molecule has 1 saturated heterocycles. The second-order valence-corrected chi connectivity index (χ2v) is 6.87. The summed E-state index contributed by atoms with van der Waals surface area (Å²) in [5, 5.41) is 0. The maximum absolute atomic E-state index is 13.8. The molecule has 1 heterocycles. The number of hydrogen-bond acceptors (Lipinski definition) is 2. The first-order chi connectivity index (χ1) is 10.3. The molecule has 0 aromatic heterocycles. The summed E-state index contributed by atoms with van der Waals surface area (Å²) in [6.45, 7) is 6.72. The number of nitrogens with zero attached hydrogens (tertiary/aromatic N) is 2. The summed E-state index contributed by atoms with van der Waals surface area (Å²) in [5.41, 5.74) is -0.485. The zero-order chi connectivity index (χ0) is 16.3. The molecule has 1 fully saturated rings. The van der Waals surface area contributed by atoms with Crippen LogP contribution in [0.4, 0.5) is 4.39 Å². The average Bonchev–Trinajstić information content (AvgIpc) is 2.48. The lowest BCUT2D eigenvalue weighted by Gasteiger charge is -2.42. The van der Waals surface area contributed by atoms with E-state index in [4.69, 9.17) is 0 Å². The van der Waals surface area contributed by atoms with Gasteiger partial charge < -0.3 is 4.90 Å². The molecule has 0 N–H and O–H groups in total. The highest BCUT2D eigenvalue weighted by atomic mass is 19.1. The van der Waals surface area contributed by atoms with Gasteiger partial charge in [-0.2, -0.15) is 0 Å². The lowest BCUT2D eigenvalue weighted by Crippen LogP contribution is -2.52. The largest absolute Gasteiger partial charge is 0.340 e. The van der Waals surface area contributed by atoms with Gasteiger partial charge in [0.25, 0.3) is 5.91 Å². The van der Waals surface area contributed by atoms with E-state index in [1.165, 1.54) is 19.4 Å². The molecular formula is C18H27FN2O. The number of carbonyl (C=O) groups excluding carboxylic acids is 1. The van der Waals surface area contributed by atoms with Crippen LogP contribution in [0.5, 0.6) is 0 Å². The Morgan fingerprint density at radius 1 is 1.36 bits per heavy atom. The summed E-state index contributed by atoms with van der Waals surface area (Å²) in [6, 6.07) is 10.9. The number of alkyl halides is 1. The third-order valence-corrected chi connectivity index (χ3v) is 4.59. The lowest BCUT2D eigenvalue weighted by molar-refractivity contribution is -0.144. The zero-order valence-electron chi connectivity index (χ0n) is 14.1.